The molecule has 4 rings (SSSR count). The molecule has 2 aromatic heterocycles. The van der Waals surface area contributed by atoms with Crippen molar-refractivity contribution in [1.82, 2.24) is 20.2 Å². The Hall–Kier alpha value is -4.32. The molecule has 0 saturated heterocycles. The molecule has 186 valence electrons. The summed E-state index contributed by atoms with van der Waals surface area (Å²) in [5, 5.41) is 14.2. The number of nitrogens with one attached hydrogen (secondary N) is 4. The summed E-state index contributed by atoms with van der Waals surface area (Å²) in [6.07, 6.45) is -2.58. The number of carbonyl (C=O) groups is 1. The van der Waals surface area contributed by atoms with Gasteiger partial charge in [-0.1, -0.05) is 17.7 Å². The van der Waals surface area contributed by atoms with E-state index in [0.29, 0.717) is 35.4 Å². The number of nitrogens with zero attached hydrogens (tertiary/aromatic N) is 3. The van der Waals surface area contributed by atoms with E-state index < -0.39 is 22.8 Å². The summed E-state index contributed by atoms with van der Waals surface area (Å²) in [7, 11) is 0. The number of aromatic amines is 1. The second kappa shape index (κ2) is 10.1. The van der Waals surface area contributed by atoms with Crippen molar-refractivity contribution < 1.29 is 18.0 Å². The van der Waals surface area contributed by atoms with Crippen LogP contribution >= 0.6 is 11.6 Å². The molecular weight excluding hydrogens is 497 g/mol. The Bertz CT molecular complexity index is 1410. The van der Waals surface area contributed by atoms with Gasteiger partial charge in [0.1, 0.15) is 17.5 Å². The fraction of sp³-hybridized carbons (Fsp3) is 0.130. The van der Waals surface area contributed by atoms with Gasteiger partial charge in [0.05, 0.1) is 10.6 Å². The number of carbonyl (C=O) groups excluding carboxylic acids is 1. The maximum Gasteiger partial charge on any atom is 0.417 e. The molecule has 0 bridgehead atoms. The lowest BCUT2D eigenvalue weighted by Crippen LogP contribution is -2.20. The highest BCUT2D eigenvalue weighted by Crippen LogP contribution is 2.36. The molecule has 2 amide bonds. The number of aryl methyl sites for hydroxylation is 1. The zero-order valence-electron chi connectivity index (χ0n) is 18.7. The normalized spacial score (nSPS) is 11.2. The molecule has 0 spiro atoms. The zero-order valence-corrected chi connectivity index (χ0v) is 19.5. The van der Waals surface area contributed by atoms with Gasteiger partial charge in [0.2, 0.25) is 0 Å². The highest BCUT2D eigenvalue weighted by atomic mass is 35.5. The Morgan fingerprint density at radius 1 is 1.06 bits per heavy atom. The summed E-state index contributed by atoms with van der Waals surface area (Å²) >= 11 is 5.61. The molecule has 0 aliphatic carbocycles. The number of alkyl halides is 3. The lowest BCUT2D eigenvalue weighted by Gasteiger charge is -2.13. The minimum Gasteiger partial charge on any atom is -0.384 e. The number of halogens is 4. The summed E-state index contributed by atoms with van der Waals surface area (Å²) in [5.41, 5.74) is 6.80. The first-order valence-corrected chi connectivity index (χ1v) is 10.9. The average Bonchev–Trinajstić information content (AvgIpc) is 3.21. The van der Waals surface area contributed by atoms with Crippen molar-refractivity contribution in [2.24, 2.45) is 0 Å². The number of urea groups is 1. The topological polar surface area (TPSA) is 134 Å². The van der Waals surface area contributed by atoms with Crippen molar-refractivity contribution in [3.63, 3.8) is 0 Å². The fourth-order valence-electron chi connectivity index (χ4n) is 3.34. The van der Waals surface area contributed by atoms with Gasteiger partial charge in [-0.3, -0.25) is 5.10 Å². The molecule has 0 radical (unpaired) electrons. The molecule has 0 atom stereocenters. The van der Waals surface area contributed by atoms with Crippen LogP contribution in [0.3, 0.4) is 0 Å². The number of rotatable bonds is 6. The predicted molar refractivity (Wildman–Crippen MR) is 131 cm³/mol. The largest absolute Gasteiger partial charge is 0.417 e. The van der Waals surface area contributed by atoms with E-state index in [0.717, 1.165) is 23.3 Å². The lowest BCUT2D eigenvalue weighted by molar-refractivity contribution is -0.137. The zero-order chi connectivity index (χ0) is 25.9. The van der Waals surface area contributed by atoms with Crippen LogP contribution in [0.1, 0.15) is 22.5 Å². The molecule has 4 aromatic rings. The summed E-state index contributed by atoms with van der Waals surface area (Å²) in [5.74, 6) is 2.06. The first-order chi connectivity index (χ1) is 17.1. The molecule has 0 aliphatic rings. The van der Waals surface area contributed by atoms with Gasteiger partial charge in [-0.2, -0.15) is 18.3 Å². The summed E-state index contributed by atoms with van der Waals surface area (Å²) in [6.45, 7) is 1.86. The van der Waals surface area contributed by atoms with Gasteiger partial charge in [0.15, 0.2) is 5.82 Å². The molecule has 0 aliphatic heterocycles. The van der Waals surface area contributed by atoms with Crippen molar-refractivity contribution in [2.75, 3.05) is 21.7 Å². The molecule has 0 unspecified atom stereocenters. The molecule has 2 heterocycles. The van der Waals surface area contributed by atoms with Gasteiger partial charge < -0.3 is 21.7 Å². The molecule has 2 aromatic carbocycles. The van der Waals surface area contributed by atoms with E-state index in [1.807, 2.05) is 13.0 Å². The third-order valence-corrected chi connectivity index (χ3v) is 5.37. The van der Waals surface area contributed by atoms with E-state index in [4.69, 9.17) is 17.3 Å². The van der Waals surface area contributed by atoms with Gasteiger partial charge in [-0.25, -0.2) is 14.8 Å². The Morgan fingerprint density at radius 2 is 1.78 bits per heavy atom. The summed E-state index contributed by atoms with van der Waals surface area (Å²) < 4.78 is 39.1. The van der Waals surface area contributed by atoms with E-state index >= 15 is 0 Å². The van der Waals surface area contributed by atoms with Gasteiger partial charge >= 0.3 is 12.2 Å². The van der Waals surface area contributed by atoms with Crippen LogP contribution in [0.25, 0.3) is 0 Å². The van der Waals surface area contributed by atoms with E-state index in [1.165, 1.54) is 6.07 Å². The van der Waals surface area contributed by atoms with Gasteiger partial charge in [0, 0.05) is 30.1 Å². The molecule has 6 N–H and O–H groups in total. The quantitative estimate of drug-likeness (QED) is 0.222. The minimum atomic E-state index is -4.63. The van der Waals surface area contributed by atoms with Crippen LogP contribution in [0.2, 0.25) is 5.02 Å². The smallest absolute Gasteiger partial charge is 0.384 e. The van der Waals surface area contributed by atoms with Crippen molar-refractivity contribution >= 4 is 46.5 Å². The predicted octanol–water partition coefficient (Wildman–Crippen LogP) is 5.74. The molecular formula is C23H20ClF3N8O. The molecule has 36 heavy (non-hydrogen) atoms. The number of benzene rings is 2. The number of anilines is 5. The average molecular weight is 517 g/mol. The van der Waals surface area contributed by atoms with Gasteiger partial charge in [-0.05, 0) is 54.4 Å². The number of aromatic nitrogens is 4. The Morgan fingerprint density at radius 3 is 2.44 bits per heavy atom. The third-order valence-electron chi connectivity index (χ3n) is 5.04. The number of hydrogen-bond acceptors (Lipinski definition) is 6. The van der Waals surface area contributed by atoms with E-state index in [1.54, 1.807) is 30.5 Å². The van der Waals surface area contributed by atoms with Gasteiger partial charge in [-0.15, -0.1) is 0 Å². The summed E-state index contributed by atoms with van der Waals surface area (Å²) in [4.78, 5) is 21.1. The van der Waals surface area contributed by atoms with Crippen molar-refractivity contribution in [3.8, 4) is 0 Å². The highest BCUT2D eigenvalue weighted by Gasteiger charge is 2.33. The number of nitrogen functional groups attached to an aromatic ring is 1. The molecule has 13 heteroatoms. The van der Waals surface area contributed by atoms with Crippen LogP contribution in [0.5, 0.6) is 0 Å². The van der Waals surface area contributed by atoms with Crippen LogP contribution in [0.15, 0.2) is 54.7 Å². The SMILES string of the molecule is Cc1cc(NC(=O)Nc2ccc(Cl)c(C(F)(F)F)c2)ccc1Cc1nccc(Nc2cc(N)[nH]n2)n1. The number of H-pyrrole nitrogens is 1. The second-order valence-electron chi connectivity index (χ2n) is 7.78. The van der Waals surface area contributed by atoms with Gasteiger partial charge in [0.25, 0.3) is 0 Å². The van der Waals surface area contributed by atoms with E-state index in [2.05, 4.69) is 36.1 Å². The first kappa shape index (κ1) is 24.8. The fourth-order valence-corrected chi connectivity index (χ4v) is 3.57. The Labute approximate surface area is 208 Å². The van der Waals surface area contributed by atoms with E-state index in [-0.39, 0.29) is 5.69 Å². The van der Waals surface area contributed by atoms with Crippen LogP contribution in [-0.2, 0) is 12.6 Å². The monoisotopic (exact) mass is 516 g/mol. The lowest BCUT2D eigenvalue weighted by atomic mass is 10.0. The number of hydrogen-bond donors (Lipinski definition) is 5. The standard InChI is InChI=1S/C23H20ClF3N8O/c1-12-8-14(30-22(36)31-15-4-5-17(24)16(10-15)23(25,26)27)3-2-13(12)9-20-29-7-6-19(32-20)33-21-11-18(28)34-35-21/h2-8,10-11H,9H2,1H3,(H2,30,31,36)(H4,28,29,32,33,34,35). The minimum absolute atomic E-state index is 0.0410. The third kappa shape index (κ3) is 6.21. The molecule has 0 saturated carbocycles. The molecule has 0 fully saturated rings. The van der Waals surface area contributed by atoms with Crippen LogP contribution in [-0.4, -0.2) is 26.2 Å². The van der Waals surface area contributed by atoms with Crippen molar-refractivity contribution in [3.05, 3.63) is 82.3 Å². The molecule has 9 nitrogen and oxygen atoms in total. The van der Waals surface area contributed by atoms with Crippen molar-refractivity contribution in [2.45, 2.75) is 19.5 Å². The van der Waals surface area contributed by atoms with E-state index in [9.17, 15) is 18.0 Å². The van der Waals surface area contributed by atoms with Crippen LogP contribution < -0.4 is 21.7 Å². The summed E-state index contributed by atoms with van der Waals surface area (Å²) in [6, 6.07) is 11.0. The number of nitrogens with two attached hydrogens (primary N) is 1. The Kier molecular flexibility index (Phi) is 6.97. The van der Waals surface area contributed by atoms with Crippen LogP contribution in [0, 0.1) is 6.92 Å². The number of amides is 2. The first-order valence-electron chi connectivity index (χ1n) is 10.5. The second-order valence-corrected chi connectivity index (χ2v) is 8.19. The highest BCUT2D eigenvalue weighted by molar-refractivity contribution is 6.31. The van der Waals surface area contributed by atoms with Crippen LogP contribution in [0.4, 0.5) is 46.8 Å². The Balaban J connectivity index is 1.40. The maximum absolute atomic E-state index is 13.0. The van der Waals surface area contributed by atoms with Crippen molar-refractivity contribution in [1.29, 1.82) is 0 Å². The maximum atomic E-state index is 13.0.